The topological polar surface area (TPSA) is 149 Å². The van der Waals surface area contributed by atoms with E-state index in [9.17, 15) is 30.3 Å². The zero-order valence-electron chi connectivity index (χ0n) is 21.6. The molecule has 1 aliphatic heterocycles. The molecule has 1 rings (SSSR count). The molecule has 7 atom stereocenters. The SMILES string of the molecule is CCCCCCCCCCCCC/C=C/C(O)C(COC1OC(CO)C(O)C(O)C1O)NC(C)=O. The zero-order chi connectivity index (χ0) is 26.1. The first-order valence-electron chi connectivity index (χ1n) is 13.4. The molecule has 0 bridgehead atoms. The van der Waals surface area contributed by atoms with Crippen molar-refractivity contribution in [2.24, 2.45) is 0 Å². The Morgan fingerprint density at radius 2 is 1.51 bits per heavy atom. The quantitative estimate of drug-likeness (QED) is 0.116. The first kappa shape index (κ1) is 32.0. The molecule has 0 spiro atoms. The Hall–Kier alpha value is -1.07. The summed E-state index contributed by atoms with van der Waals surface area (Å²) in [6.45, 7) is 2.79. The number of aliphatic hydroxyl groups excluding tert-OH is 5. The number of carbonyl (C=O) groups is 1. The lowest BCUT2D eigenvalue weighted by molar-refractivity contribution is -0.302. The van der Waals surface area contributed by atoms with Crippen LogP contribution in [0.4, 0.5) is 0 Å². The van der Waals surface area contributed by atoms with Crippen LogP contribution in [-0.2, 0) is 14.3 Å². The second-order valence-corrected chi connectivity index (χ2v) is 9.58. The third-order valence-electron chi connectivity index (χ3n) is 6.40. The van der Waals surface area contributed by atoms with Crippen molar-refractivity contribution < 1.29 is 39.8 Å². The van der Waals surface area contributed by atoms with E-state index in [4.69, 9.17) is 9.47 Å². The average Bonchev–Trinajstić information content (AvgIpc) is 2.83. The van der Waals surface area contributed by atoms with E-state index >= 15 is 0 Å². The molecule has 0 radical (unpaired) electrons. The smallest absolute Gasteiger partial charge is 0.217 e. The highest BCUT2D eigenvalue weighted by atomic mass is 16.7. The zero-order valence-corrected chi connectivity index (χ0v) is 21.6. The predicted octanol–water partition coefficient (Wildman–Crippen LogP) is 1.93. The normalized spacial score (nSPS) is 26.7. The van der Waals surface area contributed by atoms with Gasteiger partial charge in [-0.05, 0) is 12.8 Å². The van der Waals surface area contributed by atoms with Crippen molar-refractivity contribution in [2.75, 3.05) is 13.2 Å². The minimum Gasteiger partial charge on any atom is -0.394 e. The third-order valence-corrected chi connectivity index (χ3v) is 6.40. The highest BCUT2D eigenvalue weighted by Gasteiger charge is 2.44. The molecule has 6 N–H and O–H groups in total. The highest BCUT2D eigenvalue weighted by Crippen LogP contribution is 2.22. The summed E-state index contributed by atoms with van der Waals surface area (Å²) in [6.07, 6.45) is 10.3. The van der Waals surface area contributed by atoms with Gasteiger partial charge in [0.1, 0.15) is 24.4 Å². The van der Waals surface area contributed by atoms with Crippen molar-refractivity contribution in [3.8, 4) is 0 Å². The molecule has 1 amide bonds. The van der Waals surface area contributed by atoms with Crippen LogP contribution in [0.25, 0.3) is 0 Å². The molecule has 1 aliphatic rings. The van der Waals surface area contributed by atoms with Gasteiger partial charge in [0.25, 0.3) is 0 Å². The fraction of sp³-hybridized carbons (Fsp3) is 0.885. The molecule has 7 unspecified atom stereocenters. The summed E-state index contributed by atoms with van der Waals surface area (Å²) in [5, 5.41) is 52.2. The second-order valence-electron chi connectivity index (χ2n) is 9.58. The lowest BCUT2D eigenvalue weighted by atomic mass is 9.99. The van der Waals surface area contributed by atoms with Gasteiger partial charge in [-0.15, -0.1) is 0 Å². The highest BCUT2D eigenvalue weighted by molar-refractivity contribution is 5.73. The van der Waals surface area contributed by atoms with E-state index in [-0.39, 0.29) is 12.5 Å². The average molecular weight is 504 g/mol. The van der Waals surface area contributed by atoms with Crippen molar-refractivity contribution in [1.29, 1.82) is 0 Å². The van der Waals surface area contributed by atoms with E-state index in [0.717, 1.165) is 19.3 Å². The lowest BCUT2D eigenvalue weighted by Crippen LogP contribution is -2.60. The Balaban J connectivity index is 2.31. The van der Waals surface area contributed by atoms with Crippen LogP contribution >= 0.6 is 0 Å². The van der Waals surface area contributed by atoms with E-state index in [0.29, 0.717) is 0 Å². The summed E-state index contributed by atoms with van der Waals surface area (Å²) < 4.78 is 10.8. The summed E-state index contributed by atoms with van der Waals surface area (Å²) in [5.41, 5.74) is 0. The van der Waals surface area contributed by atoms with E-state index < -0.39 is 49.5 Å². The molecule has 35 heavy (non-hydrogen) atoms. The van der Waals surface area contributed by atoms with Crippen molar-refractivity contribution in [1.82, 2.24) is 5.32 Å². The number of allylic oxidation sites excluding steroid dienone is 1. The van der Waals surface area contributed by atoms with Gasteiger partial charge < -0.3 is 40.3 Å². The summed E-state index contributed by atoms with van der Waals surface area (Å²) >= 11 is 0. The van der Waals surface area contributed by atoms with Crippen molar-refractivity contribution in [2.45, 2.75) is 134 Å². The number of aliphatic hydroxyl groups is 5. The first-order chi connectivity index (χ1) is 16.8. The number of carbonyl (C=O) groups excluding carboxylic acids is 1. The molecule has 0 aliphatic carbocycles. The molecular formula is C26H49NO8. The van der Waals surface area contributed by atoms with Gasteiger partial charge in [-0.1, -0.05) is 83.3 Å². The molecule has 1 saturated heterocycles. The molecule has 0 aromatic carbocycles. The maximum atomic E-state index is 11.6. The number of amides is 1. The lowest BCUT2D eigenvalue weighted by Gasteiger charge is -2.40. The molecule has 0 saturated carbocycles. The van der Waals surface area contributed by atoms with Gasteiger partial charge in [0.2, 0.25) is 5.91 Å². The van der Waals surface area contributed by atoms with Crippen LogP contribution in [0.3, 0.4) is 0 Å². The van der Waals surface area contributed by atoms with Crippen molar-refractivity contribution in [3.05, 3.63) is 12.2 Å². The van der Waals surface area contributed by atoms with Crippen molar-refractivity contribution >= 4 is 5.91 Å². The van der Waals surface area contributed by atoms with Crippen LogP contribution in [0.15, 0.2) is 12.2 Å². The summed E-state index contributed by atoms with van der Waals surface area (Å²) in [7, 11) is 0. The Bertz CT molecular complexity index is 574. The Morgan fingerprint density at radius 1 is 0.943 bits per heavy atom. The van der Waals surface area contributed by atoms with Crippen LogP contribution in [0.5, 0.6) is 0 Å². The van der Waals surface area contributed by atoms with Gasteiger partial charge in [-0.2, -0.15) is 0 Å². The van der Waals surface area contributed by atoms with Crippen LogP contribution in [0, 0.1) is 0 Å². The maximum absolute atomic E-state index is 11.6. The monoisotopic (exact) mass is 503 g/mol. The number of ether oxygens (including phenoxy) is 2. The largest absolute Gasteiger partial charge is 0.394 e. The van der Waals surface area contributed by atoms with E-state index in [1.165, 1.54) is 64.7 Å². The molecule has 0 aromatic heterocycles. The van der Waals surface area contributed by atoms with Gasteiger partial charge in [0, 0.05) is 6.92 Å². The van der Waals surface area contributed by atoms with E-state index in [2.05, 4.69) is 12.2 Å². The molecule has 1 fully saturated rings. The predicted molar refractivity (Wildman–Crippen MR) is 134 cm³/mol. The molecular weight excluding hydrogens is 454 g/mol. The molecule has 9 nitrogen and oxygen atoms in total. The van der Waals surface area contributed by atoms with Crippen LogP contribution < -0.4 is 5.32 Å². The van der Waals surface area contributed by atoms with Gasteiger partial charge in [0.05, 0.1) is 25.4 Å². The van der Waals surface area contributed by atoms with E-state index in [1.54, 1.807) is 6.08 Å². The minimum atomic E-state index is -1.55. The number of hydrogen-bond acceptors (Lipinski definition) is 8. The number of rotatable bonds is 19. The van der Waals surface area contributed by atoms with Gasteiger partial charge in [-0.25, -0.2) is 0 Å². The summed E-state index contributed by atoms with van der Waals surface area (Å²) in [4.78, 5) is 11.6. The number of unbranched alkanes of at least 4 members (excludes halogenated alkanes) is 11. The molecule has 0 aromatic rings. The van der Waals surface area contributed by atoms with E-state index in [1.807, 2.05) is 6.08 Å². The van der Waals surface area contributed by atoms with Gasteiger partial charge >= 0.3 is 0 Å². The summed E-state index contributed by atoms with van der Waals surface area (Å²) in [6, 6.07) is -0.798. The Morgan fingerprint density at radius 3 is 2.06 bits per heavy atom. The Kier molecular flexibility index (Phi) is 17.4. The van der Waals surface area contributed by atoms with Gasteiger partial charge in [0.15, 0.2) is 6.29 Å². The third kappa shape index (κ3) is 13.2. The first-order valence-corrected chi connectivity index (χ1v) is 13.4. The molecule has 206 valence electrons. The fourth-order valence-corrected chi connectivity index (χ4v) is 4.19. The maximum Gasteiger partial charge on any atom is 0.217 e. The molecule has 1 heterocycles. The number of hydrogen-bond donors (Lipinski definition) is 6. The van der Waals surface area contributed by atoms with Crippen molar-refractivity contribution in [3.63, 3.8) is 0 Å². The van der Waals surface area contributed by atoms with Crippen LogP contribution in [0.2, 0.25) is 0 Å². The standard InChI is InChI=1S/C26H49NO8/c1-3-4-5-6-7-8-9-10-11-12-13-14-15-16-21(30)20(27-19(2)29)18-34-26-25(33)24(32)23(31)22(17-28)35-26/h15-16,20-26,28,30-33H,3-14,17-18H2,1-2H3,(H,27,29)/b16-15+. The Labute approximate surface area is 210 Å². The van der Waals surface area contributed by atoms with Gasteiger partial charge in [-0.3, -0.25) is 4.79 Å². The second kappa shape index (κ2) is 19.1. The summed E-state index contributed by atoms with van der Waals surface area (Å²) in [5.74, 6) is -0.356. The fourth-order valence-electron chi connectivity index (χ4n) is 4.19. The number of nitrogens with one attached hydrogen (secondary N) is 1. The minimum absolute atomic E-state index is 0.202. The van der Waals surface area contributed by atoms with Crippen LogP contribution in [0.1, 0.15) is 90.9 Å². The van der Waals surface area contributed by atoms with Crippen LogP contribution in [-0.4, -0.2) is 87.5 Å². The molecule has 9 heteroatoms.